The van der Waals surface area contributed by atoms with Gasteiger partial charge in [-0.1, -0.05) is 12.1 Å². The van der Waals surface area contributed by atoms with Crippen LogP contribution in [0.15, 0.2) is 59.7 Å². The van der Waals surface area contributed by atoms with Crippen LogP contribution < -0.4 is 10.3 Å². The number of fused-ring (bicyclic) bond motifs is 4. The Morgan fingerprint density at radius 2 is 1.84 bits per heavy atom. The lowest BCUT2D eigenvalue weighted by molar-refractivity contribution is 0.0960. The van der Waals surface area contributed by atoms with Gasteiger partial charge in [0.25, 0.3) is 5.56 Å². The topological polar surface area (TPSA) is 84.1 Å². The van der Waals surface area contributed by atoms with Crippen molar-refractivity contribution in [3.05, 3.63) is 65.2 Å². The summed E-state index contributed by atoms with van der Waals surface area (Å²) in [6, 6.07) is 15.3. The maximum absolute atomic E-state index is 13.6. The fourth-order valence-corrected chi connectivity index (χ4v) is 4.39. The standard InChI is InChI=1S/C24H21N5O3/c1-31-16-10-8-15(9-11-16)29-22-20(21-23(29)27-19-7-3-2-6-18(19)26-21)24(30)28(14-25-22)13-17-5-4-12-32-17/h2-3,6-11,14,17H,4-5,12-13H2,1H3/t17-/m1/s1. The highest BCUT2D eigenvalue weighted by Gasteiger charge is 2.23. The Hall–Kier alpha value is -3.78. The molecule has 1 aliphatic rings. The van der Waals surface area contributed by atoms with Crippen LogP contribution in [0.4, 0.5) is 0 Å². The monoisotopic (exact) mass is 427 g/mol. The van der Waals surface area contributed by atoms with Crippen molar-refractivity contribution < 1.29 is 9.47 Å². The van der Waals surface area contributed by atoms with Gasteiger partial charge < -0.3 is 9.47 Å². The maximum Gasteiger partial charge on any atom is 0.265 e. The quantitative estimate of drug-likeness (QED) is 0.437. The summed E-state index contributed by atoms with van der Waals surface area (Å²) in [5.74, 6) is 0.748. The van der Waals surface area contributed by atoms with Crippen LogP contribution in [-0.4, -0.2) is 43.9 Å². The molecule has 8 heteroatoms. The molecule has 0 amide bonds. The van der Waals surface area contributed by atoms with Gasteiger partial charge in [-0.05, 0) is 49.2 Å². The fourth-order valence-electron chi connectivity index (χ4n) is 4.39. The molecule has 0 bridgehead atoms. The van der Waals surface area contributed by atoms with Crippen LogP contribution in [0.1, 0.15) is 12.8 Å². The van der Waals surface area contributed by atoms with Crippen LogP contribution in [0.3, 0.4) is 0 Å². The van der Waals surface area contributed by atoms with Gasteiger partial charge in [-0.15, -0.1) is 0 Å². The predicted molar refractivity (Wildman–Crippen MR) is 121 cm³/mol. The van der Waals surface area contributed by atoms with Crippen LogP contribution >= 0.6 is 0 Å². The van der Waals surface area contributed by atoms with Crippen LogP contribution in [-0.2, 0) is 11.3 Å². The van der Waals surface area contributed by atoms with Crippen molar-refractivity contribution in [2.45, 2.75) is 25.5 Å². The summed E-state index contributed by atoms with van der Waals surface area (Å²) in [6.07, 6.45) is 3.60. The van der Waals surface area contributed by atoms with Gasteiger partial charge in [-0.3, -0.25) is 13.9 Å². The summed E-state index contributed by atoms with van der Waals surface area (Å²) in [5.41, 5.74) is 3.89. The Kier molecular flexibility index (Phi) is 4.39. The Labute approximate surface area is 183 Å². The summed E-state index contributed by atoms with van der Waals surface area (Å²) in [5, 5.41) is 0.467. The molecule has 32 heavy (non-hydrogen) atoms. The Morgan fingerprint density at radius 1 is 1.06 bits per heavy atom. The van der Waals surface area contributed by atoms with E-state index in [9.17, 15) is 4.79 Å². The van der Waals surface area contributed by atoms with E-state index < -0.39 is 0 Å². The van der Waals surface area contributed by atoms with Crippen molar-refractivity contribution >= 4 is 33.2 Å². The molecule has 1 fully saturated rings. The zero-order chi connectivity index (χ0) is 21.7. The van der Waals surface area contributed by atoms with Crippen molar-refractivity contribution in [2.24, 2.45) is 0 Å². The zero-order valence-corrected chi connectivity index (χ0v) is 17.6. The van der Waals surface area contributed by atoms with Crippen LogP contribution in [0.2, 0.25) is 0 Å². The smallest absolute Gasteiger partial charge is 0.265 e. The van der Waals surface area contributed by atoms with E-state index in [4.69, 9.17) is 19.4 Å². The number of methoxy groups -OCH3 is 1. The maximum atomic E-state index is 13.6. The predicted octanol–water partition coefficient (Wildman–Crippen LogP) is 3.47. The van der Waals surface area contributed by atoms with E-state index in [-0.39, 0.29) is 11.7 Å². The van der Waals surface area contributed by atoms with E-state index in [0.29, 0.717) is 28.7 Å². The second-order valence-electron chi connectivity index (χ2n) is 7.95. The molecule has 8 nitrogen and oxygen atoms in total. The first kappa shape index (κ1) is 18.9. The third-order valence-corrected chi connectivity index (χ3v) is 5.99. The lowest BCUT2D eigenvalue weighted by Crippen LogP contribution is -2.26. The van der Waals surface area contributed by atoms with Gasteiger partial charge in [-0.2, -0.15) is 0 Å². The Bertz CT molecular complexity index is 1510. The van der Waals surface area contributed by atoms with Crippen molar-refractivity contribution in [2.75, 3.05) is 13.7 Å². The molecule has 5 aromatic rings. The first-order valence-electron chi connectivity index (χ1n) is 10.7. The minimum Gasteiger partial charge on any atom is -0.497 e. The minimum absolute atomic E-state index is 0.0359. The van der Waals surface area contributed by atoms with Crippen molar-refractivity contribution in [1.82, 2.24) is 24.1 Å². The molecular weight excluding hydrogens is 406 g/mol. The van der Waals surface area contributed by atoms with Gasteiger partial charge in [-0.25, -0.2) is 15.0 Å². The minimum atomic E-state index is -0.132. The molecule has 1 atom stereocenters. The van der Waals surface area contributed by atoms with Gasteiger partial charge in [0.15, 0.2) is 11.3 Å². The molecule has 1 aliphatic heterocycles. The molecule has 3 aromatic heterocycles. The average Bonchev–Trinajstić information content (AvgIpc) is 3.45. The van der Waals surface area contributed by atoms with Gasteiger partial charge in [0, 0.05) is 12.3 Å². The molecule has 0 spiro atoms. The first-order valence-corrected chi connectivity index (χ1v) is 10.7. The number of rotatable bonds is 4. The highest BCUT2D eigenvalue weighted by molar-refractivity contribution is 6.05. The summed E-state index contributed by atoms with van der Waals surface area (Å²) in [7, 11) is 1.63. The molecule has 4 heterocycles. The van der Waals surface area contributed by atoms with Gasteiger partial charge in [0.1, 0.15) is 23.0 Å². The average molecular weight is 427 g/mol. The van der Waals surface area contributed by atoms with E-state index in [1.807, 2.05) is 53.1 Å². The summed E-state index contributed by atoms with van der Waals surface area (Å²) < 4.78 is 14.6. The number of ether oxygens (including phenoxy) is 2. The van der Waals surface area contributed by atoms with Crippen LogP contribution in [0, 0.1) is 0 Å². The van der Waals surface area contributed by atoms with Crippen molar-refractivity contribution in [1.29, 1.82) is 0 Å². The molecule has 0 saturated carbocycles. The molecule has 0 N–H and O–H groups in total. The van der Waals surface area contributed by atoms with Gasteiger partial charge in [0.2, 0.25) is 0 Å². The summed E-state index contributed by atoms with van der Waals surface area (Å²) in [6.45, 7) is 1.22. The third-order valence-electron chi connectivity index (χ3n) is 5.99. The summed E-state index contributed by atoms with van der Waals surface area (Å²) >= 11 is 0. The number of aromatic nitrogens is 5. The normalized spacial score (nSPS) is 16.3. The van der Waals surface area contributed by atoms with E-state index >= 15 is 0 Å². The Balaban J connectivity index is 1.66. The second kappa shape index (κ2) is 7.42. The molecule has 1 saturated heterocycles. The number of hydrogen-bond donors (Lipinski definition) is 0. The molecule has 0 unspecified atom stereocenters. The molecule has 160 valence electrons. The largest absolute Gasteiger partial charge is 0.497 e. The van der Waals surface area contributed by atoms with E-state index in [1.54, 1.807) is 18.0 Å². The summed E-state index contributed by atoms with van der Waals surface area (Å²) in [4.78, 5) is 28.0. The number of para-hydroxylation sites is 2. The number of benzene rings is 2. The van der Waals surface area contributed by atoms with E-state index in [0.717, 1.165) is 41.9 Å². The highest BCUT2D eigenvalue weighted by Crippen LogP contribution is 2.29. The lowest BCUT2D eigenvalue weighted by atomic mass is 10.2. The third kappa shape index (κ3) is 2.95. The number of nitrogens with zero attached hydrogens (tertiary/aromatic N) is 5. The molecule has 6 rings (SSSR count). The molecule has 0 radical (unpaired) electrons. The SMILES string of the molecule is COc1ccc(-n2c3nc4ccccc4nc3c3c(=O)n(C[C@H]4CCCO4)cnc32)cc1. The zero-order valence-electron chi connectivity index (χ0n) is 17.6. The van der Waals surface area contributed by atoms with E-state index in [1.165, 1.54) is 0 Å². The first-order chi connectivity index (χ1) is 15.7. The Morgan fingerprint density at radius 3 is 2.56 bits per heavy atom. The van der Waals surface area contributed by atoms with Crippen LogP contribution in [0.25, 0.3) is 38.9 Å². The molecule has 2 aromatic carbocycles. The second-order valence-corrected chi connectivity index (χ2v) is 7.95. The fraction of sp³-hybridized carbons (Fsp3) is 0.250. The van der Waals surface area contributed by atoms with Crippen molar-refractivity contribution in [3.8, 4) is 11.4 Å². The number of hydrogen-bond acceptors (Lipinski definition) is 6. The lowest BCUT2D eigenvalue weighted by Gasteiger charge is -2.11. The molecular formula is C24H21N5O3. The van der Waals surface area contributed by atoms with Gasteiger partial charge >= 0.3 is 0 Å². The van der Waals surface area contributed by atoms with Gasteiger partial charge in [0.05, 0.1) is 30.8 Å². The van der Waals surface area contributed by atoms with Crippen LogP contribution in [0.5, 0.6) is 5.75 Å². The van der Waals surface area contributed by atoms with Crippen molar-refractivity contribution in [3.63, 3.8) is 0 Å². The molecule has 0 aliphatic carbocycles. The van der Waals surface area contributed by atoms with E-state index in [2.05, 4.69) is 4.98 Å². The highest BCUT2D eigenvalue weighted by atomic mass is 16.5.